The van der Waals surface area contributed by atoms with Crippen LogP contribution in [-0.4, -0.2) is 54.6 Å². The molecule has 40 heavy (non-hydrogen) atoms. The molecule has 0 unspecified atom stereocenters. The summed E-state index contributed by atoms with van der Waals surface area (Å²) in [6.45, 7) is 5.89. The molecule has 4 aromatic heterocycles. The average molecular weight is 541 g/mol. The second kappa shape index (κ2) is 9.56. The van der Waals surface area contributed by atoms with Gasteiger partial charge in [0, 0.05) is 55.3 Å². The first-order chi connectivity index (χ1) is 19.4. The number of fused-ring (bicyclic) bond motifs is 4. The normalized spacial score (nSPS) is 15.2. The van der Waals surface area contributed by atoms with Gasteiger partial charge in [-0.1, -0.05) is 0 Å². The van der Waals surface area contributed by atoms with E-state index in [0.29, 0.717) is 41.2 Å². The molecule has 0 radical (unpaired) electrons. The second-order valence-corrected chi connectivity index (χ2v) is 10.3. The van der Waals surface area contributed by atoms with Crippen molar-refractivity contribution in [1.82, 2.24) is 34.3 Å². The van der Waals surface area contributed by atoms with E-state index < -0.39 is 0 Å². The molecule has 11 nitrogen and oxygen atoms in total. The molecule has 2 aliphatic rings. The van der Waals surface area contributed by atoms with Crippen LogP contribution in [0.5, 0.6) is 0 Å². The quantitative estimate of drug-likeness (QED) is 0.321. The zero-order chi connectivity index (χ0) is 27.4. The highest BCUT2D eigenvalue weighted by Crippen LogP contribution is 2.45. The highest BCUT2D eigenvalue weighted by Gasteiger charge is 2.30. The second-order valence-electron chi connectivity index (χ2n) is 10.3. The van der Waals surface area contributed by atoms with Crippen LogP contribution in [-0.2, 0) is 11.3 Å². The van der Waals surface area contributed by atoms with E-state index in [9.17, 15) is 0 Å². The van der Waals surface area contributed by atoms with Gasteiger partial charge in [0.15, 0.2) is 5.65 Å². The summed E-state index contributed by atoms with van der Waals surface area (Å²) in [6, 6.07) is 8.91. The van der Waals surface area contributed by atoms with Crippen LogP contribution in [0.1, 0.15) is 36.1 Å². The number of rotatable bonds is 5. The Morgan fingerprint density at radius 3 is 2.60 bits per heavy atom. The Kier molecular flexibility index (Phi) is 5.84. The standard InChI is InChI=1S/C28H29FN10O/c1-16-10-24(33-17(2)32-16)35-25-13-27(39-26(36-25)4-7-30-39)34-22-12-18(29)11-20-21-14-31-38(19-5-8-40-9-6-19)23(21)15-37(3)28(20)22/h4,7,10-14,19,34H,5-6,8-9,15H2,1-3H3,(H,32,33,35,36). The number of halogens is 1. The minimum Gasteiger partial charge on any atom is -0.381 e. The maximum absolute atomic E-state index is 15.2. The van der Waals surface area contributed by atoms with E-state index in [2.05, 4.69) is 40.3 Å². The van der Waals surface area contributed by atoms with Gasteiger partial charge in [-0.05, 0) is 38.8 Å². The number of aromatic nitrogens is 7. The minimum atomic E-state index is -0.336. The van der Waals surface area contributed by atoms with Gasteiger partial charge in [-0.15, -0.1) is 0 Å². The Labute approximate surface area is 230 Å². The summed E-state index contributed by atoms with van der Waals surface area (Å²) in [6.07, 6.45) is 5.40. The Morgan fingerprint density at radius 2 is 1.77 bits per heavy atom. The molecular weight excluding hydrogens is 511 g/mol. The number of nitrogens with one attached hydrogen (secondary N) is 2. The molecule has 6 heterocycles. The van der Waals surface area contributed by atoms with E-state index in [4.69, 9.17) is 9.84 Å². The first-order valence-electron chi connectivity index (χ1n) is 13.3. The van der Waals surface area contributed by atoms with Gasteiger partial charge >= 0.3 is 0 Å². The third-order valence-electron chi connectivity index (χ3n) is 7.41. The van der Waals surface area contributed by atoms with E-state index in [-0.39, 0.29) is 11.9 Å². The van der Waals surface area contributed by atoms with Gasteiger partial charge in [0.1, 0.15) is 29.1 Å². The van der Waals surface area contributed by atoms with Gasteiger partial charge in [0.2, 0.25) is 0 Å². The largest absolute Gasteiger partial charge is 0.381 e. The molecule has 12 heteroatoms. The fourth-order valence-electron chi connectivity index (χ4n) is 5.75. The zero-order valence-corrected chi connectivity index (χ0v) is 22.5. The summed E-state index contributed by atoms with van der Waals surface area (Å²) in [4.78, 5) is 15.6. The summed E-state index contributed by atoms with van der Waals surface area (Å²) in [5.74, 6) is 2.18. The molecule has 5 aromatic rings. The fraction of sp³-hybridized carbons (Fsp3) is 0.321. The van der Waals surface area contributed by atoms with Crippen molar-refractivity contribution in [2.24, 2.45) is 0 Å². The minimum absolute atomic E-state index is 0.289. The maximum Gasteiger partial charge on any atom is 0.159 e. The van der Waals surface area contributed by atoms with Gasteiger partial charge in [-0.2, -0.15) is 14.7 Å². The molecule has 0 saturated carbocycles. The van der Waals surface area contributed by atoms with Crippen molar-refractivity contribution in [2.45, 2.75) is 39.3 Å². The number of benzene rings is 1. The molecular formula is C28H29FN10O. The van der Waals surface area contributed by atoms with E-state index in [1.54, 1.807) is 16.8 Å². The SMILES string of the molecule is Cc1cc(Nc2cc(Nc3cc(F)cc4c3N(C)Cc3c-4cnn3C3CCOCC3)n3nccc3n2)nc(C)n1. The van der Waals surface area contributed by atoms with E-state index in [0.717, 1.165) is 54.3 Å². The average Bonchev–Trinajstić information content (AvgIpc) is 3.56. The molecule has 1 fully saturated rings. The molecule has 204 valence electrons. The molecule has 1 aromatic carbocycles. The third kappa shape index (κ3) is 4.30. The number of hydrogen-bond acceptors (Lipinski definition) is 9. The maximum atomic E-state index is 15.2. The fourth-order valence-corrected chi connectivity index (χ4v) is 5.75. The first kappa shape index (κ1) is 24.5. The molecule has 2 aliphatic heterocycles. The summed E-state index contributed by atoms with van der Waals surface area (Å²) in [5, 5.41) is 15.9. The summed E-state index contributed by atoms with van der Waals surface area (Å²) >= 11 is 0. The van der Waals surface area contributed by atoms with Gasteiger partial charge in [0.05, 0.1) is 42.0 Å². The molecule has 2 N–H and O–H groups in total. The lowest BCUT2D eigenvalue weighted by atomic mass is 9.97. The number of aryl methyl sites for hydroxylation is 2. The van der Waals surface area contributed by atoms with Crippen LogP contribution in [0, 0.1) is 19.7 Å². The lowest BCUT2D eigenvalue weighted by Gasteiger charge is -2.32. The Hall–Kier alpha value is -4.58. The molecule has 0 amide bonds. The molecule has 1 saturated heterocycles. The number of nitrogens with zero attached hydrogens (tertiary/aromatic N) is 8. The zero-order valence-electron chi connectivity index (χ0n) is 22.5. The molecule has 0 bridgehead atoms. The van der Waals surface area contributed by atoms with Gasteiger partial charge in [-0.25, -0.2) is 19.3 Å². The number of anilines is 5. The number of hydrogen-bond donors (Lipinski definition) is 2. The van der Waals surface area contributed by atoms with Crippen molar-refractivity contribution in [3.8, 4) is 11.1 Å². The van der Waals surface area contributed by atoms with Crippen LogP contribution >= 0.6 is 0 Å². The summed E-state index contributed by atoms with van der Waals surface area (Å²) in [7, 11) is 2.02. The Bertz CT molecular complexity index is 1720. The van der Waals surface area contributed by atoms with Crippen molar-refractivity contribution >= 4 is 34.5 Å². The summed E-state index contributed by atoms with van der Waals surface area (Å²) < 4.78 is 24.5. The molecule has 0 atom stereocenters. The Morgan fingerprint density at radius 1 is 0.950 bits per heavy atom. The number of ether oxygens (including phenoxy) is 1. The third-order valence-corrected chi connectivity index (χ3v) is 7.41. The van der Waals surface area contributed by atoms with Crippen LogP contribution in [0.3, 0.4) is 0 Å². The first-order valence-corrected chi connectivity index (χ1v) is 13.3. The van der Waals surface area contributed by atoms with Crippen molar-refractivity contribution in [2.75, 3.05) is 35.8 Å². The predicted molar refractivity (Wildman–Crippen MR) is 150 cm³/mol. The van der Waals surface area contributed by atoms with E-state index >= 15 is 4.39 Å². The van der Waals surface area contributed by atoms with Crippen LogP contribution in [0.2, 0.25) is 0 Å². The summed E-state index contributed by atoms with van der Waals surface area (Å²) in [5.41, 5.74) is 5.87. The van der Waals surface area contributed by atoms with Crippen molar-refractivity contribution in [1.29, 1.82) is 0 Å². The van der Waals surface area contributed by atoms with Gasteiger partial charge < -0.3 is 20.3 Å². The van der Waals surface area contributed by atoms with Gasteiger partial charge in [0.25, 0.3) is 0 Å². The van der Waals surface area contributed by atoms with Gasteiger partial charge in [-0.3, -0.25) is 4.68 Å². The topological polar surface area (TPSA) is 110 Å². The highest BCUT2D eigenvalue weighted by atomic mass is 19.1. The predicted octanol–water partition coefficient (Wildman–Crippen LogP) is 4.93. The van der Waals surface area contributed by atoms with Crippen molar-refractivity contribution in [3.05, 3.63) is 65.8 Å². The highest BCUT2D eigenvalue weighted by molar-refractivity contribution is 5.92. The Balaban J connectivity index is 1.28. The lowest BCUT2D eigenvalue weighted by Crippen LogP contribution is -2.28. The molecule has 0 aliphatic carbocycles. The van der Waals surface area contributed by atoms with Crippen LogP contribution in [0.25, 0.3) is 16.8 Å². The monoisotopic (exact) mass is 540 g/mol. The van der Waals surface area contributed by atoms with Crippen molar-refractivity contribution in [3.63, 3.8) is 0 Å². The van der Waals surface area contributed by atoms with Crippen LogP contribution in [0.4, 0.5) is 33.2 Å². The molecule has 0 spiro atoms. The van der Waals surface area contributed by atoms with E-state index in [1.165, 1.54) is 6.07 Å². The van der Waals surface area contributed by atoms with Crippen LogP contribution in [0.15, 0.2) is 42.7 Å². The lowest BCUT2D eigenvalue weighted by molar-refractivity contribution is 0.0654. The van der Waals surface area contributed by atoms with Crippen LogP contribution < -0.4 is 15.5 Å². The smallest absolute Gasteiger partial charge is 0.159 e. The molecule has 7 rings (SSSR count). The van der Waals surface area contributed by atoms with E-state index in [1.807, 2.05) is 45.3 Å². The van der Waals surface area contributed by atoms with Crippen molar-refractivity contribution < 1.29 is 9.13 Å².